The number of hydrogen-bond donors (Lipinski definition) is 2. The van der Waals surface area contributed by atoms with Crippen molar-refractivity contribution in [3.05, 3.63) is 36.5 Å². The predicted octanol–water partition coefficient (Wildman–Crippen LogP) is 16.0. The third-order valence-electron chi connectivity index (χ3n) is 12.6. The Morgan fingerprint density at radius 2 is 0.862 bits per heavy atom. The lowest BCUT2D eigenvalue weighted by molar-refractivity contribution is -0.870. The monoisotopic (exact) mass is 937 g/mol. The molecule has 0 saturated heterocycles. The molecule has 3 atom stereocenters. The second-order valence-corrected chi connectivity index (χ2v) is 21.7. The average Bonchev–Trinajstić information content (AvgIpc) is 3.26. The fraction of sp³-hybridized carbons (Fsp3) is 0.875. The summed E-state index contributed by atoms with van der Waals surface area (Å²) >= 11 is 0. The van der Waals surface area contributed by atoms with Crippen LogP contribution in [-0.2, 0) is 18.4 Å². The zero-order chi connectivity index (χ0) is 47.8. The van der Waals surface area contributed by atoms with Crippen molar-refractivity contribution in [2.75, 3.05) is 40.9 Å². The standard InChI is InChI=1S/C56H109N2O6P/c1-6-8-10-12-14-16-18-20-21-22-23-24-25-26-27-28-29-30-31-32-33-34-35-36-37-38-40-42-44-46-48-50-56(60)57-54(53-64-65(61,62)63-52-51-58(3,4)5)55(59)49-47-45-43-41-39-19-17-15-13-11-9-7-2/h22-23,39,41,47,49,54-55,59H,6-21,24-38,40,42-46,48,50-53H2,1-5H3,(H-,57,60,61,62)/b23-22-,41-39+,49-47+. The van der Waals surface area contributed by atoms with Crippen molar-refractivity contribution in [3.63, 3.8) is 0 Å². The van der Waals surface area contributed by atoms with E-state index in [1.54, 1.807) is 6.08 Å². The zero-order valence-electron chi connectivity index (χ0n) is 43.7. The fourth-order valence-electron chi connectivity index (χ4n) is 8.17. The molecule has 0 aromatic carbocycles. The molecule has 0 aliphatic carbocycles. The summed E-state index contributed by atoms with van der Waals surface area (Å²) in [5.41, 5.74) is 0. The molecule has 384 valence electrons. The van der Waals surface area contributed by atoms with Crippen LogP contribution in [0.2, 0.25) is 0 Å². The minimum atomic E-state index is -4.60. The highest BCUT2D eigenvalue weighted by molar-refractivity contribution is 7.45. The number of nitrogens with zero attached hydrogens (tertiary/aromatic N) is 1. The molecule has 2 N–H and O–H groups in total. The van der Waals surface area contributed by atoms with E-state index < -0.39 is 26.6 Å². The number of quaternary nitrogens is 1. The normalized spacial score (nSPS) is 14.3. The van der Waals surface area contributed by atoms with E-state index in [1.165, 1.54) is 205 Å². The van der Waals surface area contributed by atoms with Crippen LogP contribution in [0.5, 0.6) is 0 Å². The summed E-state index contributed by atoms with van der Waals surface area (Å²) in [7, 11) is 1.25. The van der Waals surface area contributed by atoms with Gasteiger partial charge in [-0.25, -0.2) is 0 Å². The van der Waals surface area contributed by atoms with E-state index in [4.69, 9.17) is 9.05 Å². The van der Waals surface area contributed by atoms with E-state index in [1.807, 2.05) is 27.2 Å². The number of nitrogens with one attached hydrogen (secondary N) is 1. The first-order valence-electron chi connectivity index (χ1n) is 27.9. The molecule has 0 heterocycles. The Labute approximate surface area is 404 Å². The van der Waals surface area contributed by atoms with Gasteiger partial charge < -0.3 is 28.8 Å². The molecule has 9 heteroatoms. The molecule has 0 radical (unpaired) electrons. The number of aliphatic hydroxyl groups excluding tert-OH is 1. The molecule has 8 nitrogen and oxygen atoms in total. The van der Waals surface area contributed by atoms with Gasteiger partial charge >= 0.3 is 0 Å². The summed E-state index contributed by atoms with van der Waals surface area (Å²) in [6, 6.07) is -0.900. The Kier molecular flexibility index (Phi) is 46.8. The predicted molar refractivity (Wildman–Crippen MR) is 279 cm³/mol. The van der Waals surface area contributed by atoms with Gasteiger partial charge in [0.2, 0.25) is 5.91 Å². The number of amides is 1. The summed E-state index contributed by atoms with van der Waals surface area (Å²) < 4.78 is 23.2. The Balaban J connectivity index is 4.03. The van der Waals surface area contributed by atoms with Gasteiger partial charge in [0, 0.05) is 6.42 Å². The summed E-state index contributed by atoms with van der Waals surface area (Å²) in [6.45, 7) is 4.63. The fourth-order valence-corrected chi connectivity index (χ4v) is 8.89. The highest BCUT2D eigenvalue weighted by Crippen LogP contribution is 2.38. The van der Waals surface area contributed by atoms with Crippen molar-refractivity contribution >= 4 is 13.7 Å². The van der Waals surface area contributed by atoms with Crippen molar-refractivity contribution < 1.29 is 32.9 Å². The lowest BCUT2D eigenvalue weighted by Crippen LogP contribution is -2.45. The number of aliphatic hydroxyl groups is 1. The summed E-state index contributed by atoms with van der Waals surface area (Å²) in [5, 5.41) is 13.8. The molecule has 0 aromatic rings. The zero-order valence-corrected chi connectivity index (χ0v) is 44.6. The van der Waals surface area contributed by atoms with Gasteiger partial charge in [-0.15, -0.1) is 0 Å². The van der Waals surface area contributed by atoms with Crippen LogP contribution in [0, 0.1) is 0 Å². The largest absolute Gasteiger partial charge is 0.756 e. The van der Waals surface area contributed by atoms with Gasteiger partial charge in [-0.05, 0) is 57.8 Å². The lowest BCUT2D eigenvalue weighted by Gasteiger charge is -2.29. The molecule has 3 unspecified atom stereocenters. The molecule has 0 fully saturated rings. The topological polar surface area (TPSA) is 108 Å². The lowest BCUT2D eigenvalue weighted by atomic mass is 10.0. The Bertz CT molecular complexity index is 1150. The Hall–Kier alpha value is -1.28. The van der Waals surface area contributed by atoms with Gasteiger partial charge in [0.1, 0.15) is 13.2 Å². The molecular weight excluding hydrogens is 828 g/mol. The number of carbonyl (C=O) groups is 1. The van der Waals surface area contributed by atoms with Crippen molar-refractivity contribution in [2.24, 2.45) is 0 Å². The van der Waals surface area contributed by atoms with Crippen LogP contribution in [-0.4, -0.2) is 68.5 Å². The van der Waals surface area contributed by atoms with Crippen LogP contribution in [0.1, 0.15) is 264 Å². The molecule has 1 amide bonds. The molecular formula is C56H109N2O6P. The number of rotatable bonds is 51. The van der Waals surface area contributed by atoms with Crippen molar-refractivity contribution in [1.82, 2.24) is 5.32 Å². The van der Waals surface area contributed by atoms with Crippen molar-refractivity contribution in [2.45, 2.75) is 276 Å². The van der Waals surface area contributed by atoms with Gasteiger partial charge in [-0.1, -0.05) is 237 Å². The van der Waals surface area contributed by atoms with Gasteiger partial charge in [-0.2, -0.15) is 0 Å². The van der Waals surface area contributed by atoms with Gasteiger partial charge in [0.15, 0.2) is 0 Å². The van der Waals surface area contributed by atoms with E-state index in [-0.39, 0.29) is 12.5 Å². The van der Waals surface area contributed by atoms with Gasteiger partial charge in [0.25, 0.3) is 7.82 Å². The van der Waals surface area contributed by atoms with Crippen molar-refractivity contribution in [3.8, 4) is 0 Å². The van der Waals surface area contributed by atoms with E-state index in [9.17, 15) is 19.4 Å². The number of carbonyl (C=O) groups excluding carboxylic acids is 1. The van der Waals surface area contributed by atoms with Crippen molar-refractivity contribution in [1.29, 1.82) is 0 Å². The van der Waals surface area contributed by atoms with Crippen LogP contribution < -0.4 is 10.2 Å². The van der Waals surface area contributed by atoms with Crippen LogP contribution in [0.4, 0.5) is 0 Å². The number of likely N-dealkylation sites (N-methyl/N-ethyl adjacent to an activating group) is 1. The molecule has 0 rings (SSSR count). The Morgan fingerprint density at radius 3 is 1.25 bits per heavy atom. The molecule has 0 spiro atoms. The van der Waals surface area contributed by atoms with Crippen LogP contribution in [0.15, 0.2) is 36.5 Å². The quantitative estimate of drug-likeness (QED) is 0.0272. The number of phosphoric acid groups is 1. The molecule has 65 heavy (non-hydrogen) atoms. The highest BCUT2D eigenvalue weighted by Gasteiger charge is 2.23. The van der Waals surface area contributed by atoms with Gasteiger partial charge in [-0.3, -0.25) is 9.36 Å². The molecule has 0 saturated carbocycles. The first-order chi connectivity index (χ1) is 31.5. The van der Waals surface area contributed by atoms with Gasteiger partial charge in [0.05, 0.1) is 39.9 Å². The summed E-state index contributed by atoms with van der Waals surface area (Å²) in [5.74, 6) is -0.205. The number of allylic oxidation sites excluding steroid dienone is 5. The molecule has 0 aliphatic heterocycles. The van der Waals surface area contributed by atoms with E-state index in [0.29, 0.717) is 17.4 Å². The second-order valence-electron chi connectivity index (χ2n) is 20.3. The van der Waals surface area contributed by atoms with Crippen LogP contribution in [0.3, 0.4) is 0 Å². The molecule has 0 bridgehead atoms. The minimum Gasteiger partial charge on any atom is -0.756 e. The number of unbranched alkanes of at least 4 members (excludes halogenated alkanes) is 34. The second kappa shape index (κ2) is 47.8. The first kappa shape index (κ1) is 63.7. The van der Waals surface area contributed by atoms with E-state index >= 15 is 0 Å². The summed E-state index contributed by atoms with van der Waals surface area (Å²) in [6.07, 6.45) is 61.0. The van der Waals surface area contributed by atoms with Crippen LogP contribution >= 0.6 is 7.82 Å². The SMILES string of the molecule is CCCCCCCC/C=C/CC/C=C/C(O)C(COP(=O)([O-])OCC[N+](C)(C)C)NC(=O)CCCCCCCCCCCCCCCCCCCCC/C=C\CCCCCCCCCC. The third-order valence-corrected chi connectivity index (χ3v) is 13.5. The summed E-state index contributed by atoms with van der Waals surface area (Å²) in [4.78, 5) is 25.4. The molecule has 0 aliphatic rings. The highest BCUT2D eigenvalue weighted by atomic mass is 31.2. The maximum Gasteiger partial charge on any atom is 0.268 e. The number of hydrogen-bond acceptors (Lipinski definition) is 6. The maximum absolute atomic E-state index is 12.9. The third kappa shape index (κ3) is 50.4. The maximum atomic E-state index is 12.9. The Morgan fingerprint density at radius 1 is 0.523 bits per heavy atom. The van der Waals surface area contributed by atoms with E-state index in [2.05, 4.69) is 43.5 Å². The van der Waals surface area contributed by atoms with E-state index in [0.717, 1.165) is 38.5 Å². The number of phosphoric ester groups is 1. The smallest absolute Gasteiger partial charge is 0.268 e. The molecule has 0 aromatic heterocycles. The van der Waals surface area contributed by atoms with Crippen LogP contribution in [0.25, 0.3) is 0 Å². The average molecular weight is 937 g/mol. The first-order valence-corrected chi connectivity index (χ1v) is 29.3. The minimum absolute atomic E-state index is 0.00521.